The molecule has 0 amide bonds. The Labute approximate surface area is 89.6 Å². The molecule has 0 aliphatic heterocycles. The van der Waals surface area contributed by atoms with Crippen molar-refractivity contribution < 1.29 is 14.6 Å². The topological polar surface area (TPSA) is 38.7 Å². The molecule has 1 N–H and O–H groups in total. The van der Waals surface area contributed by atoms with Crippen LogP contribution < -0.4 is 9.47 Å². The van der Waals surface area contributed by atoms with Gasteiger partial charge in [-0.2, -0.15) is 0 Å². The first-order valence-electron chi connectivity index (χ1n) is 5.26. The van der Waals surface area contributed by atoms with E-state index in [0.29, 0.717) is 0 Å². The first kappa shape index (κ1) is 10.3. The van der Waals surface area contributed by atoms with E-state index in [1.165, 1.54) is 0 Å². The quantitative estimate of drug-likeness (QED) is 0.825. The lowest BCUT2D eigenvalue weighted by molar-refractivity contribution is 0.149. The number of aliphatic hydroxyl groups is 1. The molecule has 2 atom stereocenters. The molecule has 1 fully saturated rings. The number of hydrogen-bond donors (Lipinski definition) is 1. The molecule has 2 unspecified atom stereocenters. The molecule has 1 aliphatic rings. The van der Waals surface area contributed by atoms with Crippen molar-refractivity contribution in [2.45, 2.75) is 31.5 Å². The van der Waals surface area contributed by atoms with Crippen LogP contribution >= 0.6 is 0 Å². The number of benzene rings is 1. The summed E-state index contributed by atoms with van der Waals surface area (Å²) in [5.74, 6) is 1.67. The van der Waals surface area contributed by atoms with Gasteiger partial charge in [0.25, 0.3) is 0 Å². The third kappa shape index (κ3) is 2.63. The second-order valence-electron chi connectivity index (χ2n) is 3.88. The first-order valence-corrected chi connectivity index (χ1v) is 5.26. The Morgan fingerprint density at radius 1 is 1.13 bits per heavy atom. The van der Waals surface area contributed by atoms with Crippen LogP contribution in [0.2, 0.25) is 0 Å². The van der Waals surface area contributed by atoms with Crippen molar-refractivity contribution in [3.05, 3.63) is 24.3 Å². The van der Waals surface area contributed by atoms with Crippen molar-refractivity contribution in [2.24, 2.45) is 0 Å². The van der Waals surface area contributed by atoms with Crippen LogP contribution in [0.4, 0.5) is 0 Å². The molecule has 1 aromatic rings. The van der Waals surface area contributed by atoms with Gasteiger partial charge in [0.05, 0.1) is 13.2 Å². The predicted molar refractivity (Wildman–Crippen MR) is 57.3 cm³/mol. The maximum absolute atomic E-state index is 9.36. The largest absolute Gasteiger partial charge is 0.497 e. The smallest absolute Gasteiger partial charge is 0.119 e. The van der Waals surface area contributed by atoms with Crippen LogP contribution in [0.1, 0.15) is 19.3 Å². The van der Waals surface area contributed by atoms with Crippen LogP contribution in [0.15, 0.2) is 24.3 Å². The molecule has 0 heterocycles. The predicted octanol–water partition coefficient (Wildman–Crippen LogP) is 1.99. The normalized spacial score (nSPS) is 25.2. The van der Waals surface area contributed by atoms with E-state index in [-0.39, 0.29) is 12.2 Å². The second-order valence-corrected chi connectivity index (χ2v) is 3.88. The molecule has 0 bridgehead atoms. The van der Waals surface area contributed by atoms with Gasteiger partial charge in [-0.25, -0.2) is 0 Å². The lowest BCUT2D eigenvalue weighted by Crippen LogP contribution is -2.13. The van der Waals surface area contributed by atoms with Crippen molar-refractivity contribution in [3.63, 3.8) is 0 Å². The molecule has 0 spiro atoms. The summed E-state index contributed by atoms with van der Waals surface area (Å²) < 4.78 is 10.8. The highest BCUT2D eigenvalue weighted by Crippen LogP contribution is 2.25. The SMILES string of the molecule is COc1ccc(OC2CCC(O)C2)cc1. The van der Waals surface area contributed by atoms with Crippen LogP contribution in [-0.4, -0.2) is 24.4 Å². The van der Waals surface area contributed by atoms with Gasteiger partial charge >= 0.3 is 0 Å². The van der Waals surface area contributed by atoms with Gasteiger partial charge in [-0.15, -0.1) is 0 Å². The van der Waals surface area contributed by atoms with Crippen molar-refractivity contribution in [1.29, 1.82) is 0 Å². The summed E-state index contributed by atoms with van der Waals surface area (Å²) >= 11 is 0. The molecule has 3 heteroatoms. The van der Waals surface area contributed by atoms with E-state index in [2.05, 4.69) is 0 Å². The molecule has 3 nitrogen and oxygen atoms in total. The third-order valence-electron chi connectivity index (χ3n) is 2.72. The average Bonchev–Trinajstić information content (AvgIpc) is 2.65. The number of rotatable bonds is 3. The minimum absolute atomic E-state index is 0.161. The third-order valence-corrected chi connectivity index (χ3v) is 2.72. The van der Waals surface area contributed by atoms with Crippen molar-refractivity contribution in [1.82, 2.24) is 0 Å². The summed E-state index contributed by atoms with van der Waals surface area (Å²) in [7, 11) is 1.64. The van der Waals surface area contributed by atoms with Gasteiger partial charge < -0.3 is 14.6 Å². The Kier molecular flexibility index (Phi) is 3.11. The number of ether oxygens (including phenoxy) is 2. The molecule has 2 rings (SSSR count). The molecular formula is C12H16O3. The van der Waals surface area contributed by atoms with Gasteiger partial charge in [0.15, 0.2) is 0 Å². The molecule has 1 aromatic carbocycles. The minimum atomic E-state index is -0.187. The van der Waals surface area contributed by atoms with Gasteiger partial charge in [-0.3, -0.25) is 0 Å². The molecule has 82 valence electrons. The molecule has 0 aromatic heterocycles. The van der Waals surface area contributed by atoms with Crippen LogP contribution in [0.25, 0.3) is 0 Å². The number of hydrogen-bond acceptors (Lipinski definition) is 3. The number of methoxy groups -OCH3 is 1. The highest BCUT2D eigenvalue weighted by Gasteiger charge is 2.24. The van der Waals surface area contributed by atoms with Crippen LogP contribution in [0.3, 0.4) is 0 Å². The van der Waals surface area contributed by atoms with E-state index in [9.17, 15) is 5.11 Å². The fourth-order valence-electron chi connectivity index (χ4n) is 1.87. The van der Waals surface area contributed by atoms with E-state index < -0.39 is 0 Å². The van der Waals surface area contributed by atoms with Crippen LogP contribution in [0, 0.1) is 0 Å². The van der Waals surface area contributed by atoms with Gasteiger partial charge in [0, 0.05) is 6.42 Å². The lowest BCUT2D eigenvalue weighted by Gasteiger charge is -2.13. The maximum atomic E-state index is 9.36. The fraction of sp³-hybridized carbons (Fsp3) is 0.500. The van der Waals surface area contributed by atoms with E-state index in [4.69, 9.17) is 9.47 Å². The van der Waals surface area contributed by atoms with E-state index in [1.807, 2.05) is 24.3 Å². The average molecular weight is 208 g/mol. The summed E-state index contributed by atoms with van der Waals surface area (Å²) in [5, 5.41) is 9.36. The maximum Gasteiger partial charge on any atom is 0.119 e. The van der Waals surface area contributed by atoms with E-state index in [0.717, 1.165) is 30.8 Å². The zero-order chi connectivity index (χ0) is 10.7. The Bertz CT molecular complexity index is 307. The second kappa shape index (κ2) is 4.53. The Morgan fingerprint density at radius 3 is 2.33 bits per heavy atom. The zero-order valence-corrected chi connectivity index (χ0v) is 8.85. The highest BCUT2D eigenvalue weighted by molar-refractivity contribution is 5.31. The summed E-state index contributed by atoms with van der Waals surface area (Å²) in [5.41, 5.74) is 0. The molecule has 0 saturated heterocycles. The first-order chi connectivity index (χ1) is 7.28. The van der Waals surface area contributed by atoms with Gasteiger partial charge in [0.1, 0.15) is 17.6 Å². The van der Waals surface area contributed by atoms with E-state index >= 15 is 0 Å². The Hall–Kier alpha value is -1.22. The summed E-state index contributed by atoms with van der Waals surface area (Å²) in [6, 6.07) is 7.54. The summed E-state index contributed by atoms with van der Waals surface area (Å²) in [6.07, 6.45) is 2.50. The number of aliphatic hydroxyl groups excluding tert-OH is 1. The van der Waals surface area contributed by atoms with Gasteiger partial charge in [-0.1, -0.05) is 0 Å². The summed E-state index contributed by atoms with van der Waals surface area (Å²) in [4.78, 5) is 0. The fourth-order valence-corrected chi connectivity index (χ4v) is 1.87. The monoisotopic (exact) mass is 208 g/mol. The standard InChI is InChI=1S/C12H16O3/c1-14-10-4-6-11(7-5-10)15-12-3-2-9(13)8-12/h4-7,9,12-13H,2-3,8H2,1H3. The molecule has 1 saturated carbocycles. The van der Waals surface area contributed by atoms with Crippen LogP contribution in [0.5, 0.6) is 11.5 Å². The zero-order valence-electron chi connectivity index (χ0n) is 8.85. The van der Waals surface area contributed by atoms with E-state index in [1.54, 1.807) is 7.11 Å². The van der Waals surface area contributed by atoms with Gasteiger partial charge in [-0.05, 0) is 37.1 Å². The molecule has 1 aliphatic carbocycles. The molecule has 0 radical (unpaired) electrons. The van der Waals surface area contributed by atoms with Gasteiger partial charge in [0.2, 0.25) is 0 Å². The van der Waals surface area contributed by atoms with Crippen molar-refractivity contribution in [2.75, 3.05) is 7.11 Å². The van der Waals surface area contributed by atoms with Crippen molar-refractivity contribution >= 4 is 0 Å². The van der Waals surface area contributed by atoms with Crippen molar-refractivity contribution in [3.8, 4) is 11.5 Å². The Morgan fingerprint density at radius 2 is 1.80 bits per heavy atom. The minimum Gasteiger partial charge on any atom is -0.497 e. The highest BCUT2D eigenvalue weighted by atomic mass is 16.5. The van der Waals surface area contributed by atoms with Crippen LogP contribution in [-0.2, 0) is 0 Å². The lowest BCUT2D eigenvalue weighted by atomic mass is 10.3. The molecular weight excluding hydrogens is 192 g/mol. The molecule has 15 heavy (non-hydrogen) atoms. The Balaban J connectivity index is 1.93. The summed E-state index contributed by atoms with van der Waals surface area (Å²) in [6.45, 7) is 0.